The van der Waals surface area contributed by atoms with E-state index in [9.17, 15) is 15.0 Å². The first kappa shape index (κ1) is 8.62. The summed E-state index contributed by atoms with van der Waals surface area (Å²) in [6, 6.07) is 2.85. The molecule has 0 fully saturated rings. The fraction of sp³-hybridized carbons (Fsp3) is 0.100. The fourth-order valence-electron chi connectivity index (χ4n) is 1.43. The van der Waals surface area contributed by atoms with Gasteiger partial charge in [-0.3, -0.25) is 4.79 Å². The van der Waals surface area contributed by atoms with Gasteiger partial charge >= 0.3 is 0 Å². The molecule has 0 unspecified atom stereocenters. The van der Waals surface area contributed by atoms with E-state index in [4.69, 9.17) is 4.42 Å². The second-order valence-electron chi connectivity index (χ2n) is 3.01. The van der Waals surface area contributed by atoms with Crippen molar-refractivity contribution >= 4 is 16.8 Å². The molecule has 0 bridgehead atoms. The lowest BCUT2D eigenvalue weighted by Gasteiger charge is -2.03. The number of phenols is 2. The maximum absolute atomic E-state index is 11.1. The Morgan fingerprint density at radius 1 is 1.43 bits per heavy atom. The molecule has 2 N–H and O–H groups in total. The number of phenolic OH excluding ortho intramolecular Hbond substituents is 2. The lowest BCUT2D eigenvalue weighted by molar-refractivity contribution is 0.101. The van der Waals surface area contributed by atoms with Crippen molar-refractivity contribution in [2.24, 2.45) is 0 Å². The Morgan fingerprint density at radius 3 is 2.79 bits per heavy atom. The summed E-state index contributed by atoms with van der Waals surface area (Å²) in [5, 5.41) is 19.5. The van der Waals surface area contributed by atoms with Crippen molar-refractivity contribution in [3.05, 3.63) is 24.0 Å². The maximum Gasteiger partial charge on any atom is 0.167 e. The van der Waals surface area contributed by atoms with Crippen LogP contribution in [0.2, 0.25) is 0 Å². The van der Waals surface area contributed by atoms with Crippen LogP contribution in [0.1, 0.15) is 17.3 Å². The number of fused-ring (bicyclic) bond motifs is 1. The number of aromatic hydroxyl groups is 2. The molecule has 0 amide bonds. The zero-order valence-electron chi connectivity index (χ0n) is 7.44. The van der Waals surface area contributed by atoms with Crippen LogP contribution in [0.15, 0.2) is 22.8 Å². The molecule has 0 spiro atoms. The van der Waals surface area contributed by atoms with E-state index in [1.54, 1.807) is 0 Å². The smallest absolute Gasteiger partial charge is 0.167 e. The SMILES string of the molecule is CC(=O)c1c(O)cc2occc2c1O. The number of furan rings is 1. The summed E-state index contributed by atoms with van der Waals surface area (Å²) in [6.07, 6.45) is 1.38. The molecular formula is C10H8O4. The van der Waals surface area contributed by atoms with Crippen molar-refractivity contribution in [3.8, 4) is 11.5 Å². The predicted molar refractivity (Wildman–Crippen MR) is 49.5 cm³/mol. The number of hydrogen-bond acceptors (Lipinski definition) is 4. The highest BCUT2D eigenvalue weighted by atomic mass is 16.3. The Balaban J connectivity index is 2.89. The van der Waals surface area contributed by atoms with Gasteiger partial charge in [-0.1, -0.05) is 0 Å². The minimum atomic E-state index is -0.386. The van der Waals surface area contributed by atoms with Crippen LogP contribution in [0.4, 0.5) is 0 Å². The van der Waals surface area contributed by atoms with Crippen LogP contribution in [-0.4, -0.2) is 16.0 Å². The standard InChI is InChI=1S/C10H8O4/c1-5(11)9-7(12)4-8-6(10(9)13)2-3-14-8/h2-4,12-13H,1H3. The number of carbonyl (C=O) groups is 1. The summed E-state index contributed by atoms with van der Waals surface area (Å²) in [5.41, 5.74) is 0.281. The largest absolute Gasteiger partial charge is 0.507 e. The minimum Gasteiger partial charge on any atom is -0.507 e. The molecule has 0 aliphatic rings. The molecule has 0 saturated carbocycles. The number of carbonyl (C=O) groups excluding carboxylic acids is 1. The summed E-state index contributed by atoms with van der Waals surface area (Å²) in [5.74, 6) is -0.887. The zero-order valence-corrected chi connectivity index (χ0v) is 7.44. The van der Waals surface area contributed by atoms with Gasteiger partial charge in [-0.2, -0.15) is 0 Å². The Morgan fingerprint density at radius 2 is 2.14 bits per heavy atom. The molecular weight excluding hydrogens is 184 g/mol. The Bertz CT molecular complexity index is 510. The van der Waals surface area contributed by atoms with Crippen LogP contribution in [0.3, 0.4) is 0 Å². The van der Waals surface area contributed by atoms with E-state index in [-0.39, 0.29) is 22.8 Å². The third-order valence-corrected chi connectivity index (χ3v) is 2.06. The number of benzene rings is 1. The van der Waals surface area contributed by atoms with Gasteiger partial charge in [-0.05, 0) is 13.0 Å². The minimum absolute atomic E-state index is 0.0705. The molecule has 4 heteroatoms. The maximum atomic E-state index is 11.1. The molecule has 4 nitrogen and oxygen atoms in total. The summed E-state index contributed by atoms with van der Waals surface area (Å²) in [7, 11) is 0. The second kappa shape index (κ2) is 2.77. The van der Waals surface area contributed by atoms with Gasteiger partial charge in [0, 0.05) is 6.07 Å². The van der Waals surface area contributed by atoms with Crippen LogP contribution < -0.4 is 0 Å². The van der Waals surface area contributed by atoms with Gasteiger partial charge in [0.25, 0.3) is 0 Å². The van der Waals surface area contributed by atoms with E-state index in [0.29, 0.717) is 11.0 Å². The lowest BCUT2D eigenvalue weighted by atomic mass is 10.1. The monoisotopic (exact) mass is 192 g/mol. The zero-order chi connectivity index (χ0) is 10.3. The van der Waals surface area contributed by atoms with Crippen molar-refractivity contribution in [1.29, 1.82) is 0 Å². The topological polar surface area (TPSA) is 70.7 Å². The first-order chi connectivity index (χ1) is 6.61. The first-order valence-electron chi connectivity index (χ1n) is 4.04. The van der Waals surface area contributed by atoms with E-state index in [1.807, 2.05) is 0 Å². The van der Waals surface area contributed by atoms with Crippen LogP contribution in [-0.2, 0) is 0 Å². The summed E-state index contributed by atoms with van der Waals surface area (Å²) in [6.45, 7) is 1.28. The molecule has 2 rings (SSSR count). The van der Waals surface area contributed by atoms with Crippen LogP contribution in [0.5, 0.6) is 11.5 Å². The molecule has 72 valence electrons. The normalized spacial score (nSPS) is 10.6. The van der Waals surface area contributed by atoms with Gasteiger partial charge in [0.15, 0.2) is 5.78 Å². The Kier molecular flexibility index (Phi) is 1.70. The van der Waals surface area contributed by atoms with E-state index in [1.165, 1.54) is 25.3 Å². The van der Waals surface area contributed by atoms with Crippen molar-refractivity contribution in [1.82, 2.24) is 0 Å². The van der Waals surface area contributed by atoms with E-state index in [2.05, 4.69) is 0 Å². The van der Waals surface area contributed by atoms with Crippen LogP contribution in [0, 0.1) is 0 Å². The Hall–Kier alpha value is -1.97. The van der Waals surface area contributed by atoms with Crippen LogP contribution >= 0.6 is 0 Å². The third-order valence-electron chi connectivity index (χ3n) is 2.06. The highest BCUT2D eigenvalue weighted by Crippen LogP contribution is 2.36. The predicted octanol–water partition coefficient (Wildman–Crippen LogP) is 2.05. The number of ketones is 1. The van der Waals surface area contributed by atoms with Gasteiger partial charge in [-0.15, -0.1) is 0 Å². The van der Waals surface area contributed by atoms with Crippen molar-refractivity contribution in [2.45, 2.75) is 6.92 Å². The van der Waals surface area contributed by atoms with Gasteiger partial charge in [0.2, 0.25) is 0 Å². The third kappa shape index (κ3) is 1.04. The number of Topliss-reactive ketones (excluding diaryl/α,β-unsaturated/α-hetero) is 1. The van der Waals surface area contributed by atoms with Gasteiger partial charge in [-0.25, -0.2) is 0 Å². The molecule has 0 radical (unpaired) electrons. The molecule has 1 aromatic heterocycles. The number of rotatable bonds is 1. The fourth-order valence-corrected chi connectivity index (χ4v) is 1.43. The molecule has 1 aromatic carbocycles. The summed E-state index contributed by atoms with van der Waals surface area (Å²) in [4.78, 5) is 11.1. The van der Waals surface area contributed by atoms with Crippen molar-refractivity contribution < 1.29 is 19.4 Å². The number of hydrogen-bond donors (Lipinski definition) is 2. The van der Waals surface area contributed by atoms with E-state index in [0.717, 1.165) is 0 Å². The molecule has 14 heavy (non-hydrogen) atoms. The second-order valence-corrected chi connectivity index (χ2v) is 3.01. The van der Waals surface area contributed by atoms with Crippen molar-refractivity contribution in [2.75, 3.05) is 0 Å². The average molecular weight is 192 g/mol. The molecule has 2 aromatic rings. The van der Waals surface area contributed by atoms with E-state index < -0.39 is 0 Å². The molecule has 1 heterocycles. The van der Waals surface area contributed by atoms with Crippen molar-refractivity contribution in [3.63, 3.8) is 0 Å². The quantitative estimate of drug-likeness (QED) is 0.678. The van der Waals surface area contributed by atoms with Gasteiger partial charge < -0.3 is 14.6 Å². The lowest BCUT2D eigenvalue weighted by Crippen LogP contribution is -1.93. The molecule has 0 aliphatic carbocycles. The summed E-state index contributed by atoms with van der Waals surface area (Å²) >= 11 is 0. The molecule has 0 saturated heterocycles. The average Bonchev–Trinajstić information content (AvgIpc) is 2.50. The van der Waals surface area contributed by atoms with Crippen LogP contribution in [0.25, 0.3) is 11.0 Å². The van der Waals surface area contributed by atoms with E-state index >= 15 is 0 Å². The molecule has 0 aliphatic heterocycles. The highest BCUT2D eigenvalue weighted by Gasteiger charge is 2.17. The first-order valence-corrected chi connectivity index (χ1v) is 4.04. The highest BCUT2D eigenvalue weighted by molar-refractivity contribution is 6.05. The summed E-state index contributed by atoms with van der Waals surface area (Å²) < 4.78 is 4.98. The van der Waals surface area contributed by atoms with Gasteiger partial charge in [0.05, 0.1) is 11.6 Å². The molecule has 0 atom stereocenters. The van der Waals surface area contributed by atoms with Gasteiger partial charge in [0.1, 0.15) is 22.6 Å². The Labute approximate surface area is 79.4 Å².